The van der Waals surface area contributed by atoms with Gasteiger partial charge < -0.3 is 19.9 Å². The molecule has 1 aliphatic heterocycles. The third kappa shape index (κ3) is 10.4. The van der Waals surface area contributed by atoms with Crippen molar-refractivity contribution in [1.29, 1.82) is 0 Å². The monoisotopic (exact) mass is 626 g/mol. The molecule has 2 atom stereocenters. The third-order valence-electron chi connectivity index (χ3n) is 8.82. The Morgan fingerprint density at radius 2 is 1.46 bits per heavy atom. The van der Waals surface area contributed by atoms with Crippen LogP contribution in [0.15, 0.2) is 78.9 Å². The molecule has 1 saturated heterocycles. The Morgan fingerprint density at radius 1 is 0.848 bits per heavy atom. The SMILES string of the molecule is CC(C)CC(C(=O)NC(Cc1ccc(OCc2ccccc2)cc1)C(=O)N1CCN(C)CC1)N(C)Cc1ccc(C(C)(C)C)cc1. The molecule has 7 heteroatoms. The average Bonchev–Trinajstić information content (AvgIpc) is 3.03. The van der Waals surface area contributed by atoms with Gasteiger partial charge in [-0.2, -0.15) is 0 Å². The first kappa shape index (κ1) is 35.2. The summed E-state index contributed by atoms with van der Waals surface area (Å²) in [5, 5.41) is 3.22. The van der Waals surface area contributed by atoms with E-state index >= 15 is 0 Å². The van der Waals surface area contributed by atoms with Gasteiger partial charge >= 0.3 is 0 Å². The second-order valence-electron chi connectivity index (χ2n) is 14.3. The van der Waals surface area contributed by atoms with Crippen LogP contribution in [0.1, 0.15) is 63.3 Å². The molecular formula is C39H54N4O3. The van der Waals surface area contributed by atoms with Gasteiger partial charge in [0.05, 0.1) is 6.04 Å². The van der Waals surface area contributed by atoms with E-state index in [2.05, 4.69) is 81.0 Å². The molecule has 1 N–H and O–H groups in total. The number of amides is 2. The highest BCUT2D eigenvalue weighted by Crippen LogP contribution is 2.23. The maximum Gasteiger partial charge on any atom is 0.245 e. The van der Waals surface area contributed by atoms with Gasteiger partial charge in [-0.25, -0.2) is 0 Å². The Kier molecular flexibility index (Phi) is 12.4. The maximum atomic E-state index is 14.1. The van der Waals surface area contributed by atoms with Gasteiger partial charge in [0, 0.05) is 39.1 Å². The predicted octanol–water partition coefficient (Wildman–Crippen LogP) is 5.91. The summed E-state index contributed by atoms with van der Waals surface area (Å²) in [6, 6.07) is 25.6. The molecule has 7 nitrogen and oxygen atoms in total. The minimum Gasteiger partial charge on any atom is -0.489 e. The van der Waals surface area contributed by atoms with Crippen molar-refractivity contribution in [2.45, 2.75) is 78.1 Å². The highest BCUT2D eigenvalue weighted by molar-refractivity contribution is 5.90. The number of nitrogens with zero attached hydrogens (tertiary/aromatic N) is 3. The molecule has 0 aliphatic carbocycles. The van der Waals surface area contributed by atoms with Crippen molar-refractivity contribution in [3.8, 4) is 5.75 Å². The molecule has 0 aromatic heterocycles. The van der Waals surface area contributed by atoms with E-state index in [-0.39, 0.29) is 23.3 Å². The van der Waals surface area contributed by atoms with Crippen LogP contribution in [0, 0.1) is 5.92 Å². The van der Waals surface area contributed by atoms with E-state index in [0.29, 0.717) is 45.0 Å². The fourth-order valence-corrected chi connectivity index (χ4v) is 5.86. The zero-order valence-corrected chi connectivity index (χ0v) is 29.0. The minimum absolute atomic E-state index is 0.0189. The molecule has 3 aromatic carbocycles. The highest BCUT2D eigenvalue weighted by atomic mass is 16.5. The van der Waals surface area contributed by atoms with E-state index in [1.807, 2.05) is 66.5 Å². The fourth-order valence-electron chi connectivity index (χ4n) is 5.86. The Balaban J connectivity index is 1.48. The Bertz CT molecular complexity index is 1380. The number of rotatable bonds is 13. The summed E-state index contributed by atoms with van der Waals surface area (Å²) >= 11 is 0. The second kappa shape index (κ2) is 16.2. The fraction of sp³-hybridized carbons (Fsp3) is 0.487. The van der Waals surface area contributed by atoms with Crippen molar-refractivity contribution in [2.24, 2.45) is 5.92 Å². The molecule has 0 spiro atoms. The summed E-state index contributed by atoms with van der Waals surface area (Å²) in [5.74, 6) is 0.969. The summed E-state index contributed by atoms with van der Waals surface area (Å²) in [6.45, 7) is 15.0. The molecule has 248 valence electrons. The lowest BCUT2D eigenvalue weighted by atomic mass is 9.86. The van der Waals surface area contributed by atoms with Crippen LogP contribution in [0.2, 0.25) is 0 Å². The predicted molar refractivity (Wildman–Crippen MR) is 187 cm³/mol. The topological polar surface area (TPSA) is 65.1 Å². The summed E-state index contributed by atoms with van der Waals surface area (Å²) in [6.07, 6.45) is 1.12. The van der Waals surface area contributed by atoms with E-state index < -0.39 is 6.04 Å². The number of piperazine rings is 1. The molecule has 3 aromatic rings. The second-order valence-corrected chi connectivity index (χ2v) is 14.3. The van der Waals surface area contributed by atoms with Gasteiger partial charge in [0.1, 0.15) is 18.4 Å². The van der Waals surface area contributed by atoms with Gasteiger partial charge in [0.25, 0.3) is 0 Å². The van der Waals surface area contributed by atoms with Gasteiger partial charge in [-0.3, -0.25) is 14.5 Å². The van der Waals surface area contributed by atoms with Crippen molar-refractivity contribution >= 4 is 11.8 Å². The van der Waals surface area contributed by atoms with Crippen LogP contribution in [0.4, 0.5) is 0 Å². The van der Waals surface area contributed by atoms with Crippen molar-refractivity contribution in [3.63, 3.8) is 0 Å². The van der Waals surface area contributed by atoms with E-state index in [1.54, 1.807) is 0 Å². The smallest absolute Gasteiger partial charge is 0.245 e. The Hall–Kier alpha value is -3.68. The molecular weight excluding hydrogens is 572 g/mol. The normalized spacial score (nSPS) is 15.5. The molecule has 0 bridgehead atoms. The number of nitrogens with one attached hydrogen (secondary N) is 1. The molecule has 1 aliphatic rings. The third-order valence-corrected chi connectivity index (χ3v) is 8.82. The largest absolute Gasteiger partial charge is 0.489 e. The molecule has 2 amide bonds. The van der Waals surface area contributed by atoms with Crippen LogP contribution in [0.5, 0.6) is 5.75 Å². The zero-order valence-electron chi connectivity index (χ0n) is 29.0. The summed E-state index contributed by atoms with van der Waals surface area (Å²) < 4.78 is 5.98. The standard InChI is InChI=1S/C39H54N4O3/c1-29(2)25-36(42(7)27-31-13-17-33(18-14-31)39(3,4)5)37(44)40-35(38(45)43-23-21-41(6)22-24-43)26-30-15-19-34(20-16-30)46-28-32-11-9-8-10-12-32/h8-20,29,35-36H,21-28H2,1-7H3,(H,40,44). The Morgan fingerprint density at radius 3 is 2.04 bits per heavy atom. The van der Waals surface area contributed by atoms with Crippen molar-refractivity contribution in [1.82, 2.24) is 20.0 Å². The summed E-state index contributed by atoms with van der Waals surface area (Å²) in [4.78, 5) is 34.3. The lowest BCUT2D eigenvalue weighted by molar-refractivity contribution is -0.139. The molecule has 4 rings (SSSR count). The molecule has 0 saturated carbocycles. The van der Waals surface area contributed by atoms with Crippen molar-refractivity contribution in [2.75, 3.05) is 40.3 Å². The number of carbonyl (C=O) groups is 2. The van der Waals surface area contributed by atoms with Gasteiger partial charge in [-0.1, -0.05) is 101 Å². The maximum absolute atomic E-state index is 14.1. The number of hydrogen-bond donors (Lipinski definition) is 1. The first-order valence-electron chi connectivity index (χ1n) is 16.7. The molecule has 0 radical (unpaired) electrons. The van der Waals surface area contributed by atoms with Gasteiger partial charge in [-0.05, 0) is 66.2 Å². The van der Waals surface area contributed by atoms with E-state index in [4.69, 9.17) is 4.74 Å². The summed E-state index contributed by atoms with van der Waals surface area (Å²) in [5.41, 5.74) is 4.63. The highest BCUT2D eigenvalue weighted by Gasteiger charge is 2.32. The van der Waals surface area contributed by atoms with E-state index in [0.717, 1.165) is 35.5 Å². The minimum atomic E-state index is -0.652. The van der Waals surface area contributed by atoms with Crippen LogP contribution in [-0.4, -0.2) is 78.9 Å². The van der Waals surface area contributed by atoms with Crippen LogP contribution < -0.4 is 10.1 Å². The van der Waals surface area contributed by atoms with Crippen LogP contribution >= 0.6 is 0 Å². The Labute approximate surface area is 276 Å². The van der Waals surface area contributed by atoms with Gasteiger partial charge in [-0.15, -0.1) is 0 Å². The molecule has 1 heterocycles. The number of hydrogen-bond acceptors (Lipinski definition) is 5. The van der Waals surface area contributed by atoms with Gasteiger partial charge in [0.2, 0.25) is 11.8 Å². The number of benzene rings is 3. The lowest BCUT2D eigenvalue weighted by Gasteiger charge is -2.36. The number of carbonyl (C=O) groups excluding carboxylic acids is 2. The van der Waals surface area contributed by atoms with Crippen molar-refractivity contribution in [3.05, 3.63) is 101 Å². The van der Waals surface area contributed by atoms with Crippen LogP contribution in [0.25, 0.3) is 0 Å². The van der Waals surface area contributed by atoms with Crippen molar-refractivity contribution < 1.29 is 14.3 Å². The summed E-state index contributed by atoms with van der Waals surface area (Å²) in [7, 11) is 4.08. The molecule has 46 heavy (non-hydrogen) atoms. The lowest BCUT2D eigenvalue weighted by Crippen LogP contribution is -2.57. The van der Waals surface area contributed by atoms with Crippen LogP contribution in [-0.2, 0) is 34.6 Å². The zero-order chi connectivity index (χ0) is 33.3. The first-order chi connectivity index (χ1) is 21.9. The average molecular weight is 627 g/mol. The van der Waals surface area contributed by atoms with E-state index in [9.17, 15) is 9.59 Å². The first-order valence-corrected chi connectivity index (χ1v) is 16.7. The number of ether oxygens (including phenoxy) is 1. The quantitative estimate of drug-likeness (QED) is 0.256. The molecule has 2 unspecified atom stereocenters. The van der Waals surface area contributed by atoms with Gasteiger partial charge in [0.15, 0.2) is 0 Å². The number of likely N-dealkylation sites (N-methyl/N-ethyl adjacent to an activating group) is 2. The van der Waals surface area contributed by atoms with Crippen LogP contribution in [0.3, 0.4) is 0 Å². The molecule has 1 fully saturated rings. The van der Waals surface area contributed by atoms with E-state index in [1.165, 1.54) is 5.56 Å².